The highest BCUT2D eigenvalue weighted by atomic mass is 16.7. The number of primary amides is 1. The molecule has 2 amide bonds. The number of H-pyrrole nitrogens is 1. The number of anilines is 1. The van der Waals surface area contributed by atoms with E-state index in [4.69, 9.17) is 15.2 Å². The molecule has 1 fully saturated rings. The molecule has 22 heavy (non-hydrogen) atoms. The Kier molecular flexibility index (Phi) is 2.72. The number of aromatic amines is 1. The number of benzene rings is 1. The fraction of sp³-hybridized carbons (Fsp3) is 0.357. The second-order valence-electron chi connectivity index (χ2n) is 5.49. The maximum absolute atomic E-state index is 12.2. The molecule has 8 heteroatoms. The zero-order chi connectivity index (χ0) is 15.3. The number of carbonyl (C=O) groups is 2. The maximum atomic E-state index is 12.2. The summed E-state index contributed by atoms with van der Waals surface area (Å²) in [6, 6.07) is 3.52. The van der Waals surface area contributed by atoms with Crippen molar-refractivity contribution in [3.05, 3.63) is 12.1 Å². The first-order valence-electron chi connectivity index (χ1n) is 7.01. The quantitative estimate of drug-likeness (QED) is 0.772. The Hall–Kier alpha value is -2.77. The zero-order valence-corrected chi connectivity index (χ0v) is 11.6. The van der Waals surface area contributed by atoms with Crippen LogP contribution in [0.15, 0.2) is 12.1 Å². The van der Waals surface area contributed by atoms with Crippen LogP contribution < -0.4 is 20.5 Å². The van der Waals surface area contributed by atoms with Gasteiger partial charge in [-0.2, -0.15) is 0 Å². The number of hydrogen-bond donors (Lipinski definition) is 3. The van der Waals surface area contributed by atoms with Crippen molar-refractivity contribution in [3.8, 4) is 11.5 Å². The van der Waals surface area contributed by atoms with E-state index in [1.165, 1.54) is 0 Å². The third-order valence-corrected chi connectivity index (χ3v) is 4.19. The summed E-state index contributed by atoms with van der Waals surface area (Å²) in [5, 5.41) is 2.70. The van der Waals surface area contributed by atoms with E-state index in [1.807, 2.05) is 0 Å². The van der Waals surface area contributed by atoms with E-state index in [0.29, 0.717) is 35.8 Å². The topological polar surface area (TPSA) is 119 Å². The van der Waals surface area contributed by atoms with Crippen LogP contribution in [0.1, 0.15) is 12.8 Å². The molecule has 2 heterocycles. The zero-order valence-electron chi connectivity index (χ0n) is 11.6. The lowest BCUT2D eigenvalue weighted by atomic mass is 9.72. The van der Waals surface area contributed by atoms with Gasteiger partial charge in [-0.15, -0.1) is 0 Å². The van der Waals surface area contributed by atoms with Crippen LogP contribution in [-0.4, -0.2) is 28.6 Å². The molecule has 0 spiro atoms. The van der Waals surface area contributed by atoms with E-state index in [1.54, 1.807) is 12.1 Å². The van der Waals surface area contributed by atoms with Crippen LogP contribution in [0, 0.1) is 11.8 Å². The maximum Gasteiger partial charge on any atom is 0.231 e. The highest BCUT2D eigenvalue weighted by Gasteiger charge is 2.40. The Labute approximate surface area is 125 Å². The van der Waals surface area contributed by atoms with Gasteiger partial charge in [-0.1, -0.05) is 0 Å². The van der Waals surface area contributed by atoms with E-state index in [2.05, 4.69) is 15.3 Å². The van der Waals surface area contributed by atoms with Crippen LogP contribution in [0.3, 0.4) is 0 Å². The Bertz CT molecular complexity index is 743. The van der Waals surface area contributed by atoms with Gasteiger partial charge >= 0.3 is 0 Å². The van der Waals surface area contributed by atoms with E-state index in [0.717, 1.165) is 5.52 Å². The van der Waals surface area contributed by atoms with Crippen molar-refractivity contribution in [2.45, 2.75) is 12.8 Å². The normalized spacial score (nSPS) is 22.4. The van der Waals surface area contributed by atoms with Gasteiger partial charge in [0.25, 0.3) is 0 Å². The molecule has 1 aromatic heterocycles. The van der Waals surface area contributed by atoms with Crippen molar-refractivity contribution in [1.29, 1.82) is 0 Å². The summed E-state index contributed by atoms with van der Waals surface area (Å²) in [6.45, 7) is 0.196. The standard InChI is InChI=1S/C14H14N4O4/c15-12(19)6-1-2-7(6)13(20)18-14-16-8-3-10-11(22-5-21-10)4-9(8)17-14/h3-4,6-7H,1-2,5H2,(H2,15,19)(H2,16,17,18,20). The molecule has 1 aromatic carbocycles. The molecule has 2 aliphatic rings. The molecule has 1 saturated carbocycles. The first kappa shape index (κ1) is 12.9. The summed E-state index contributed by atoms with van der Waals surface area (Å²) in [5.41, 5.74) is 6.67. The van der Waals surface area contributed by atoms with E-state index in [9.17, 15) is 9.59 Å². The Morgan fingerprint density at radius 3 is 2.64 bits per heavy atom. The molecular formula is C14H14N4O4. The molecule has 2 unspecified atom stereocenters. The number of amides is 2. The van der Waals surface area contributed by atoms with Crippen molar-refractivity contribution in [3.63, 3.8) is 0 Å². The van der Waals surface area contributed by atoms with Crippen LogP contribution in [-0.2, 0) is 9.59 Å². The van der Waals surface area contributed by atoms with Gasteiger partial charge in [0.15, 0.2) is 11.5 Å². The first-order valence-corrected chi connectivity index (χ1v) is 7.01. The summed E-state index contributed by atoms with van der Waals surface area (Å²) < 4.78 is 10.6. The van der Waals surface area contributed by atoms with Crippen LogP contribution in [0.5, 0.6) is 11.5 Å². The van der Waals surface area contributed by atoms with E-state index >= 15 is 0 Å². The lowest BCUT2D eigenvalue weighted by molar-refractivity contribution is -0.135. The smallest absolute Gasteiger partial charge is 0.231 e. The molecule has 1 aliphatic heterocycles. The largest absolute Gasteiger partial charge is 0.454 e. The summed E-state index contributed by atoms with van der Waals surface area (Å²) in [6.07, 6.45) is 1.32. The summed E-state index contributed by atoms with van der Waals surface area (Å²) in [5.74, 6) is 0.179. The van der Waals surface area contributed by atoms with Gasteiger partial charge in [-0.05, 0) is 12.8 Å². The van der Waals surface area contributed by atoms with Crippen LogP contribution >= 0.6 is 0 Å². The molecule has 1 aliphatic carbocycles. The minimum absolute atomic E-state index is 0.196. The minimum Gasteiger partial charge on any atom is -0.454 e. The molecule has 0 saturated heterocycles. The predicted octanol–water partition coefficient (Wildman–Crippen LogP) is 0.742. The number of ether oxygens (including phenoxy) is 2. The third kappa shape index (κ3) is 1.95. The number of nitrogens with two attached hydrogens (primary N) is 1. The van der Waals surface area contributed by atoms with Crippen molar-refractivity contribution < 1.29 is 19.1 Å². The van der Waals surface area contributed by atoms with Gasteiger partial charge in [0.05, 0.1) is 11.0 Å². The van der Waals surface area contributed by atoms with Gasteiger partial charge in [0.2, 0.25) is 24.6 Å². The van der Waals surface area contributed by atoms with Gasteiger partial charge in [-0.3, -0.25) is 14.9 Å². The lowest BCUT2D eigenvalue weighted by Crippen LogP contribution is -2.43. The second-order valence-corrected chi connectivity index (χ2v) is 5.49. The van der Waals surface area contributed by atoms with Gasteiger partial charge in [0, 0.05) is 24.0 Å². The summed E-state index contributed by atoms with van der Waals surface area (Å²) >= 11 is 0. The second kappa shape index (κ2) is 4.62. The van der Waals surface area contributed by atoms with Gasteiger partial charge in [0.1, 0.15) is 0 Å². The molecule has 2 aromatic rings. The number of imidazole rings is 1. The number of aromatic nitrogens is 2. The minimum atomic E-state index is -0.429. The molecule has 4 N–H and O–H groups in total. The molecular weight excluding hydrogens is 288 g/mol. The van der Waals surface area contributed by atoms with Gasteiger partial charge in [-0.25, -0.2) is 4.98 Å². The van der Waals surface area contributed by atoms with Gasteiger partial charge < -0.3 is 20.2 Å². The number of rotatable bonds is 3. The van der Waals surface area contributed by atoms with Crippen molar-refractivity contribution in [2.75, 3.05) is 12.1 Å². The van der Waals surface area contributed by atoms with Crippen LogP contribution in [0.25, 0.3) is 11.0 Å². The van der Waals surface area contributed by atoms with E-state index in [-0.39, 0.29) is 24.5 Å². The average molecular weight is 302 g/mol. The van der Waals surface area contributed by atoms with Crippen LogP contribution in [0.4, 0.5) is 5.95 Å². The fourth-order valence-corrected chi connectivity index (χ4v) is 2.82. The number of nitrogens with one attached hydrogen (secondary N) is 2. The highest BCUT2D eigenvalue weighted by molar-refractivity contribution is 5.97. The number of carbonyl (C=O) groups excluding carboxylic acids is 2. The monoisotopic (exact) mass is 302 g/mol. The third-order valence-electron chi connectivity index (χ3n) is 4.19. The predicted molar refractivity (Wildman–Crippen MR) is 76.3 cm³/mol. The van der Waals surface area contributed by atoms with Crippen LogP contribution in [0.2, 0.25) is 0 Å². The SMILES string of the molecule is NC(=O)C1CCC1C(=O)Nc1nc2cc3c(cc2[nH]1)OCO3. The molecule has 8 nitrogen and oxygen atoms in total. The number of hydrogen-bond acceptors (Lipinski definition) is 5. The number of fused-ring (bicyclic) bond motifs is 2. The average Bonchev–Trinajstić information content (AvgIpc) is 2.97. The fourth-order valence-electron chi connectivity index (χ4n) is 2.82. The Morgan fingerprint density at radius 2 is 1.95 bits per heavy atom. The molecule has 4 rings (SSSR count). The molecule has 114 valence electrons. The highest BCUT2D eigenvalue weighted by Crippen LogP contribution is 2.37. The molecule has 0 bridgehead atoms. The Morgan fingerprint density at radius 1 is 1.23 bits per heavy atom. The van der Waals surface area contributed by atoms with Crippen molar-refractivity contribution in [1.82, 2.24) is 9.97 Å². The first-order chi connectivity index (χ1) is 10.6. The summed E-state index contributed by atoms with van der Waals surface area (Å²) in [7, 11) is 0. The molecule has 0 radical (unpaired) electrons. The Balaban J connectivity index is 1.55. The number of nitrogens with zero attached hydrogens (tertiary/aromatic N) is 1. The summed E-state index contributed by atoms with van der Waals surface area (Å²) in [4.78, 5) is 30.7. The van der Waals surface area contributed by atoms with Crippen molar-refractivity contribution in [2.24, 2.45) is 17.6 Å². The molecule has 2 atom stereocenters. The van der Waals surface area contributed by atoms with Crippen molar-refractivity contribution >= 4 is 28.8 Å². The van der Waals surface area contributed by atoms with E-state index < -0.39 is 5.91 Å². The lowest BCUT2D eigenvalue weighted by Gasteiger charge is -2.32.